The van der Waals surface area contributed by atoms with Crippen molar-refractivity contribution < 1.29 is 21.6 Å². The molecule has 0 unspecified atom stereocenters. The summed E-state index contributed by atoms with van der Waals surface area (Å²) in [7, 11) is -3.78. The second-order valence-electron chi connectivity index (χ2n) is 5.83. The highest BCUT2D eigenvalue weighted by molar-refractivity contribution is 7.88. The summed E-state index contributed by atoms with van der Waals surface area (Å²) in [6.45, 7) is 0.411. The van der Waals surface area contributed by atoms with Gasteiger partial charge in [0, 0.05) is 29.6 Å². The van der Waals surface area contributed by atoms with Gasteiger partial charge in [0.1, 0.15) is 11.6 Å². The third-order valence-corrected chi connectivity index (χ3v) is 6.52. The van der Waals surface area contributed by atoms with Crippen LogP contribution in [0, 0.1) is 11.6 Å². The van der Waals surface area contributed by atoms with Crippen molar-refractivity contribution in [1.29, 1.82) is 0 Å². The van der Waals surface area contributed by atoms with Crippen molar-refractivity contribution in [2.75, 3.05) is 6.54 Å². The molecular weight excluding hydrogens is 380 g/mol. The number of benzene rings is 1. The number of hydrogen-bond donors (Lipinski definition) is 0. The van der Waals surface area contributed by atoms with Crippen molar-refractivity contribution in [2.24, 2.45) is 0 Å². The summed E-state index contributed by atoms with van der Waals surface area (Å²) in [5.74, 6) is -2.06. The van der Waals surface area contributed by atoms with Gasteiger partial charge < -0.3 is 4.42 Å². The zero-order valence-electron chi connectivity index (χ0n) is 13.8. The molecule has 2 heterocycles. The number of thiophene rings is 1. The summed E-state index contributed by atoms with van der Waals surface area (Å²) in [4.78, 5) is 1.06. The molecule has 26 heavy (non-hydrogen) atoms. The molecule has 3 rings (SSSR count). The van der Waals surface area contributed by atoms with Crippen molar-refractivity contribution in [3.05, 3.63) is 81.9 Å². The van der Waals surface area contributed by atoms with Crippen LogP contribution in [0.25, 0.3) is 0 Å². The first-order chi connectivity index (χ1) is 12.4. The largest absolute Gasteiger partial charge is 0.472 e. The topological polar surface area (TPSA) is 50.5 Å². The van der Waals surface area contributed by atoms with Gasteiger partial charge in [-0.2, -0.15) is 4.31 Å². The molecule has 0 fully saturated rings. The molecule has 3 aromatic rings. The Labute approximate surface area is 154 Å². The van der Waals surface area contributed by atoms with Crippen molar-refractivity contribution in [2.45, 2.75) is 18.7 Å². The van der Waals surface area contributed by atoms with Crippen LogP contribution in [0.1, 0.15) is 16.0 Å². The second-order valence-corrected chi connectivity index (χ2v) is 8.83. The predicted octanol–water partition coefficient (Wildman–Crippen LogP) is 4.19. The Kier molecular flexibility index (Phi) is 5.85. The lowest BCUT2D eigenvalue weighted by Gasteiger charge is -2.21. The van der Waals surface area contributed by atoms with E-state index >= 15 is 0 Å². The van der Waals surface area contributed by atoms with Gasteiger partial charge in [-0.05, 0) is 41.6 Å². The quantitative estimate of drug-likeness (QED) is 0.573. The molecule has 8 heteroatoms. The maximum atomic E-state index is 13.4. The third-order valence-electron chi connectivity index (χ3n) is 3.79. The van der Waals surface area contributed by atoms with Gasteiger partial charge in [-0.25, -0.2) is 17.2 Å². The summed E-state index contributed by atoms with van der Waals surface area (Å²) in [5, 5.41) is 1.93. The summed E-state index contributed by atoms with van der Waals surface area (Å²) in [6, 6.07) is 8.33. The summed E-state index contributed by atoms with van der Waals surface area (Å²) < 4.78 is 58.8. The van der Waals surface area contributed by atoms with Crippen LogP contribution in [0.2, 0.25) is 0 Å². The number of hydrogen-bond acceptors (Lipinski definition) is 4. The molecular formula is C18H17F2NO3S2. The van der Waals surface area contributed by atoms with E-state index < -0.39 is 27.4 Å². The molecule has 0 atom stereocenters. The monoisotopic (exact) mass is 397 g/mol. The van der Waals surface area contributed by atoms with Gasteiger partial charge in [-0.1, -0.05) is 6.07 Å². The zero-order valence-corrected chi connectivity index (χ0v) is 15.4. The molecule has 0 spiro atoms. The Morgan fingerprint density at radius 2 is 1.85 bits per heavy atom. The molecule has 0 bridgehead atoms. The van der Waals surface area contributed by atoms with E-state index in [1.807, 2.05) is 17.5 Å². The van der Waals surface area contributed by atoms with E-state index in [1.54, 1.807) is 17.4 Å². The van der Waals surface area contributed by atoms with E-state index in [1.165, 1.54) is 16.8 Å². The number of halogens is 2. The standard InChI is InChI=1S/C18H17F2NO3S2/c19-16-8-15(9-17(20)10-16)13-26(22,23)21(11-14-4-6-24-12-14)5-3-18-2-1-7-25-18/h1-2,4,6-10,12H,3,5,11,13H2. The van der Waals surface area contributed by atoms with Crippen molar-refractivity contribution in [3.63, 3.8) is 0 Å². The van der Waals surface area contributed by atoms with Crippen molar-refractivity contribution in [3.8, 4) is 0 Å². The van der Waals surface area contributed by atoms with Crippen LogP contribution < -0.4 is 0 Å². The summed E-state index contributed by atoms with van der Waals surface area (Å²) >= 11 is 1.55. The molecule has 2 aromatic heterocycles. The maximum Gasteiger partial charge on any atom is 0.218 e. The van der Waals surface area contributed by atoms with Crippen molar-refractivity contribution in [1.82, 2.24) is 4.31 Å². The lowest BCUT2D eigenvalue weighted by molar-refractivity contribution is 0.407. The fourth-order valence-corrected chi connectivity index (χ4v) is 4.77. The molecule has 138 valence electrons. The first kappa shape index (κ1) is 18.8. The minimum absolute atomic E-state index is 0.0795. The Balaban J connectivity index is 1.80. The molecule has 0 aliphatic carbocycles. The van der Waals surface area contributed by atoms with Crippen LogP contribution in [0.4, 0.5) is 8.78 Å². The molecule has 4 nitrogen and oxygen atoms in total. The van der Waals surface area contributed by atoms with Gasteiger partial charge in [0.15, 0.2) is 0 Å². The Hall–Kier alpha value is -2.03. The van der Waals surface area contributed by atoms with E-state index in [4.69, 9.17) is 4.42 Å². The van der Waals surface area contributed by atoms with E-state index in [2.05, 4.69) is 0 Å². The predicted molar refractivity (Wildman–Crippen MR) is 96.1 cm³/mol. The Morgan fingerprint density at radius 1 is 1.08 bits per heavy atom. The van der Waals surface area contributed by atoms with Crippen LogP contribution in [0.5, 0.6) is 0 Å². The first-order valence-electron chi connectivity index (χ1n) is 7.88. The minimum atomic E-state index is -3.78. The van der Waals surface area contributed by atoms with E-state index in [0.717, 1.165) is 23.1 Å². The van der Waals surface area contributed by atoms with Crippen LogP contribution in [0.15, 0.2) is 58.7 Å². The highest BCUT2D eigenvalue weighted by atomic mass is 32.2. The fourth-order valence-electron chi connectivity index (χ4n) is 2.59. The van der Waals surface area contributed by atoms with E-state index in [9.17, 15) is 17.2 Å². The van der Waals surface area contributed by atoms with Crippen LogP contribution in [-0.2, 0) is 28.7 Å². The molecule has 0 radical (unpaired) electrons. The summed E-state index contributed by atoms with van der Waals surface area (Å²) in [6.07, 6.45) is 3.52. The lowest BCUT2D eigenvalue weighted by Crippen LogP contribution is -2.33. The van der Waals surface area contributed by atoms with Gasteiger partial charge in [-0.15, -0.1) is 11.3 Å². The molecule has 0 aliphatic rings. The van der Waals surface area contributed by atoms with Crippen LogP contribution in [-0.4, -0.2) is 19.3 Å². The second kappa shape index (κ2) is 8.11. The van der Waals surface area contributed by atoms with E-state index in [0.29, 0.717) is 12.0 Å². The smallest absolute Gasteiger partial charge is 0.218 e. The maximum absolute atomic E-state index is 13.4. The molecule has 0 saturated heterocycles. The van der Waals surface area contributed by atoms with Gasteiger partial charge in [0.05, 0.1) is 18.3 Å². The lowest BCUT2D eigenvalue weighted by atomic mass is 10.2. The number of sulfonamides is 1. The number of rotatable bonds is 8. The van der Waals surface area contributed by atoms with Crippen molar-refractivity contribution >= 4 is 21.4 Å². The average Bonchev–Trinajstić information content (AvgIpc) is 3.23. The Bertz CT molecular complexity index is 919. The van der Waals surface area contributed by atoms with E-state index in [-0.39, 0.29) is 18.7 Å². The van der Waals surface area contributed by atoms with Gasteiger partial charge in [-0.3, -0.25) is 0 Å². The molecule has 0 N–H and O–H groups in total. The molecule has 0 amide bonds. The molecule has 0 aliphatic heterocycles. The SMILES string of the molecule is O=S(=O)(Cc1cc(F)cc(F)c1)N(CCc1cccs1)Cc1ccoc1. The van der Waals surface area contributed by atoms with Crippen LogP contribution >= 0.6 is 11.3 Å². The minimum Gasteiger partial charge on any atom is -0.472 e. The summed E-state index contributed by atoms with van der Waals surface area (Å²) in [5.41, 5.74) is 0.793. The fraction of sp³-hybridized carbons (Fsp3) is 0.222. The van der Waals surface area contributed by atoms with Gasteiger partial charge >= 0.3 is 0 Å². The van der Waals surface area contributed by atoms with Gasteiger partial charge in [0.25, 0.3) is 0 Å². The normalized spacial score (nSPS) is 12.0. The first-order valence-corrected chi connectivity index (χ1v) is 10.4. The molecule has 0 saturated carbocycles. The highest BCUT2D eigenvalue weighted by Gasteiger charge is 2.24. The number of furan rings is 1. The third kappa shape index (κ3) is 5.00. The average molecular weight is 397 g/mol. The highest BCUT2D eigenvalue weighted by Crippen LogP contribution is 2.19. The number of nitrogens with zero attached hydrogens (tertiary/aromatic N) is 1. The Morgan fingerprint density at radius 3 is 2.46 bits per heavy atom. The zero-order chi connectivity index (χ0) is 18.6. The molecule has 1 aromatic carbocycles. The van der Waals surface area contributed by atoms with Gasteiger partial charge in [0.2, 0.25) is 10.0 Å². The van der Waals surface area contributed by atoms with Crippen LogP contribution in [0.3, 0.4) is 0 Å².